The van der Waals surface area contributed by atoms with Gasteiger partial charge in [-0.1, -0.05) is 6.92 Å². The average molecular weight is 167 g/mol. The van der Waals surface area contributed by atoms with Crippen LogP contribution in [0.15, 0.2) is 0 Å². The number of hydrogen-bond donors (Lipinski definition) is 0. The van der Waals surface area contributed by atoms with Gasteiger partial charge in [0, 0.05) is 24.9 Å². The summed E-state index contributed by atoms with van der Waals surface area (Å²) in [6.45, 7) is 5.48. The van der Waals surface area contributed by atoms with Crippen LogP contribution in [-0.2, 0) is 4.79 Å². The predicted octanol–water partition coefficient (Wildman–Crippen LogP) is 1.31. The van der Waals surface area contributed by atoms with Crippen molar-refractivity contribution in [1.82, 2.24) is 4.90 Å². The second-order valence-electron chi connectivity index (χ2n) is 4.13. The van der Waals surface area contributed by atoms with Crippen molar-refractivity contribution in [1.29, 1.82) is 0 Å². The maximum atomic E-state index is 11.5. The lowest BCUT2D eigenvalue weighted by molar-refractivity contribution is -0.127. The molecule has 2 atom stereocenters. The highest BCUT2D eigenvalue weighted by Gasteiger charge is 2.39. The molecule has 0 unspecified atom stereocenters. The number of carbonyl (C=O) groups is 1. The van der Waals surface area contributed by atoms with Crippen molar-refractivity contribution in [3.05, 3.63) is 0 Å². The Hall–Kier alpha value is -0.370. The van der Waals surface area contributed by atoms with Gasteiger partial charge in [-0.3, -0.25) is 4.79 Å². The third-order valence-electron chi connectivity index (χ3n) is 3.17. The zero-order valence-electron chi connectivity index (χ0n) is 7.75. The number of ketones is 1. The molecule has 68 valence electrons. The van der Waals surface area contributed by atoms with Gasteiger partial charge in [-0.2, -0.15) is 0 Å². The Morgan fingerprint density at radius 2 is 1.92 bits per heavy atom. The molecule has 2 heteroatoms. The molecule has 0 aromatic rings. The van der Waals surface area contributed by atoms with E-state index in [4.69, 9.17) is 0 Å². The summed E-state index contributed by atoms with van der Waals surface area (Å²) in [5, 5.41) is 0. The molecule has 1 aliphatic carbocycles. The van der Waals surface area contributed by atoms with Crippen LogP contribution in [-0.4, -0.2) is 30.3 Å². The topological polar surface area (TPSA) is 20.3 Å². The Morgan fingerprint density at radius 1 is 1.33 bits per heavy atom. The fourth-order valence-electron chi connectivity index (χ4n) is 2.58. The summed E-state index contributed by atoms with van der Waals surface area (Å²) >= 11 is 0. The van der Waals surface area contributed by atoms with E-state index < -0.39 is 0 Å². The number of nitrogens with zero attached hydrogens (tertiary/aromatic N) is 1. The van der Waals surface area contributed by atoms with Crippen LogP contribution in [0.1, 0.15) is 26.2 Å². The molecule has 2 rings (SSSR count). The Balaban J connectivity index is 1.98. The molecule has 0 amide bonds. The number of likely N-dealkylation sites (tertiary alicyclic amines) is 1. The van der Waals surface area contributed by atoms with Crippen molar-refractivity contribution in [3.63, 3.8) is 0 Å². The maximum absolute atomic E-state index is 11.5. The molecule has 0 spiro atoms. The molecule has 1 heterocycles. The largest absolute Gasteiger partial charge is 0.302 e. The van der Waals surface area contributed by atoms with Gasteiger partial charge >= 0.3 is 0 Å². The molecule has 0 aromatic carbocycles. The lowest BCUT2D eigenvalue weighted by Crippen LogP contribution is -2.42. The summed E-state index contributed by atoms with van der Waals surface area (Å²) < 4.78 is 0. The third kappa shape index (κ3) is 1.28. The van der Waals surface area contributed by atoms with Crippen LogP contribution in [0, 0.1) is 11.8 Å². The van der Waals surface area contributed by atoms with Gasteiger partial charge in [-0.05, 0) is 25.8 Å². The maximum Gasteiger partial charge on any atom is 0.141 e. The van der Waals surface area contributed by atoms with Crippen molar-refractivity contribution in [2.75, 3.05) is 19.6 Å². The van der Waals surface area contributed by atoms with Gasteiger partial charge < -0.3 is 4.90 Å². The Labute approximate surface area is 73.9 Å². The summed E-state index contributed by atoms with van der Waals surface area (Å²) in [5.74, 6) is 1.35. The number of rotatable bonds is 2. The molecule has 2 bridgehead atoms. The minimum Gasteiger partial charge on any atom is -0.302 e. The first-order valence-electron chi connectivity index (χ1n) is 5.07. The molecule has 0 aromatic heterocycles. The van der Waals surface area contributed by atoms with E-state index in [2.05, 4.69) is 11.8 Å². The van der Waals surface area contributed by atoms with Gasteiger partial charge in [-0.25, -0.2) is 0 Å². The Kier molecular flexibility index (Phi) is 2.18. The molecule has 0 N–H and O–H groups in total. The highest BCUT2D eigenvalue weighted by molar-refractivity contribution is 5.86. The monoisotopic (exact) mass is 167 g/mol. The lowest BCUT2D eigenvalue weighted by Gasteiger charge is -2.30. The van der Waals surface area contributed by atoms with Crippen molar-refractivity contribution in [2.24, 2.45) is 11.8 Å². The fraction of sp³-hybridized carbons (Fsp3) is 0.900. The normalized spacial score (nSPS) is 35.9. The van der Waals surface area contributed by atoms with Crippen molar-refractivity contribution in [3.8, 4) is 0 Å². The molecule has 2 aliphatic rings. The first kappa shape index (κ1) is 8.24. The standard InChI is InChI=1S/C10H17NO/c1-2-5-11-6-8-3-4-9(7-11)10(8)12/h8-9H,2-7H2,1H3/t8-,9+. The van der Waals surface area contributed by atoms with E-state index in [1.807, 2.05) is 0 Å². The summed E-state index contributed by atoms with van der Waals surface area (Å²) in [6, 6.07) is 0. The smallest absolute Gasteiger partial charge is 0.141 e. The van der Waals surface area contributed by atoms with Crippen LogP contribution in [0.5, 0.6) is 0 Å². The van der Waals surface area contributed by atoms with Crippen molar-refractivity contribution >= 4 is 5.78 Å². The lowest BCUT2D eigenvalue weighted by atomic mass is 9.97. The van der Waals surface area contributed by atoms with Crippen LogP contribution in [0.3, 0.4) is 0 Å². The quantitative estimate of drug-likeness (QED) is 0.618. The first-order chi connectivity index (χ1) is 5.81. The summed E-state index contributed by atoms with van der Waals surface area (Å²) in [7, 11) is 0. The predicted molar refractivity (Wildman–Crippen MR) is 48.0 cm³/mol. The molecule has 0 radical (unpaired) electrons. The number of piperidine rings is 1. The number of Topliss-reactive ketones (excluding diaryl/α,β-unsaturated/α-hetero) is 1. The molecule has 1 saturated carbocycles. The van der Waals surface area contributed by atoms with E-state index >= 15 is 0 Å². The Bertz CT molecular complexity index is 174. The van der Waals surface area contributed by atoms with Gasteiger partial charge in [0.2, 0.25) is 0 Å². The average Bonchev–Trinajstić information content (AvgIpc) is 2.33. The minimum absolute atomic E-state index is 0.398. The van der Waals surface area contributed by atoms with Crippen LogP contribution in [0.4, 0.5) is 0 Å². The van der Waals surface area contributed by atoms with Crippen LogP contribution in [0.2, 0.25) is 0 Å². The highest BCUT2D eigenvalue weighted by atomic mass is 16.1. The molecular formula is C10H17NO. The molecule has 12 heavy (non-hydrogen) atoms. The van der Waals surface area contributed by atoms with Crippen molar-refractivity contribution < 1.29 is 4.79 Å². The van der Waals surface area contributed by atoms with Crippen LogP contribution < -0.4 is 0 Å². The van der Waals surface area contributed by atoms with Crippen LogP contribution >= 0.6 is 0 Å². The minimum atomic E-state index is 0.398. The van der Waals surface area contributed by atoms with E-state index in [0.717, 1.165) is 25.9 Å². The number of hydrogen-bond acceptors (Lipinski definition) is 2. The zero-order chi connectivity index (χ0) is 8.55. The highest BCUT2D eigenvalue weighted by Crippen LogP contribution is 2.33. The van der Waals surface area contributed by atoms with E-state index in [1.54, 1.807) is 0 Å². The van der Waals surface area contributed by atoms with Gasteiger partial charge in [0.15, 0.2) is 0 Å². The molecule has 2 fully saturated rings. The van der Waals surface area contributed by atoms with E-state index in [0.29, 0.717) is 17.6 Å². The van der Waals surface area contributed by atoms with Gasteiger partial charge in [-0.15, -0.1) is 0 Å². The van der Waals surface area contributed by atoms with Gasteiger partial charge in [0.25, 0.3) is 0 Å². The zero-order valence-corrected chi connectivity index (χ0v) is 7.75. The second kappa shape index (κ2) is 3.17. The molecule has 1 saturated heterocycles. The number of fused-ring (bicyclic) bond motifs is 2. The van der Waals surface area contributed by atoms with Crippen molar-refractivity contribution in [2.45, 2.75) is 26.2 Å². The fourth-order valence-corrected chi connectivity index (χ4v) is 2.58. The van der Waals surface area contributed by atoms with Gasteiger partial charge in [0.05, 0.1) is 0 Å². The summed E-state index contributed by atoms with van der Waals surface area (Å²) in [4.78, 5) is 14.0. The summed E-state index contributed by atoms with van der Waals surface area (Å²) in [5.41, 5.74) is 0. The first-order valence-corrected chi connectivity index (χ1v) is 5.07. The molecular weight excluding hydrogens is 150 g/mol. The second-order valence-corrected chi connectivity index (χ2v) is 4.13. The third-order valence-corrected chi connectivity index (χ3v) is 3.17. The van der Waals surface area contributed by atoms with E-state index in [-0.39, 0.29) is 0 Å². The van der Waals surface area contributed by atoms with E-state index in [9.17, 15) is 4.79 Å². The van der Waals surface area contributed by atoms with Gasteiger partial charge in [0.1, 0.15) is 5.78 Å². The molecule has 1 aliphatic heterocycles. The summed E-state index contributed by atoms with van der Waals surface area (Å²) in [6.07, 6.45) is 3.53. The Morgan fingerprint density at radius 3 is 2.42 bits per heavy atom. The number of carbonyl (C=O) groups excluding carboxylic acids is 1. The van der Waals surface area contributed by atoms with E-state index in [1.165, 1.54) is 13.0 Å². The SMILES string of the molecule is CCCN1C[C@H]2CC[C@@H](C1)C2=O. The van der Waals surface area contributed by atoms with Crippen LogP contribution in [0.25, 0.3) is 0 Å². The molecule has 2 nitrogen and oxygen atoms in total.